The van der Waals surface area contributed by atoms with Crippen LogP contribution in [0.2, 0.25) is 0 Å². The molecule has 0 heterocycles. The number of nitrogens with zero attached hydrogens (tertiary/aromatic N) is 1. The van der Waals surface area contributed by atoms with E-state index in [0.717, 1.165) is 0 Å². The van der Waals surface area contributed by atoms with E-state index in [1.54, 1.807) is 45.0 Å². The van der Waals surface area contributed by atoms with Gasteiger partial charge >= 0.3 is 12.1 Å². The minimum absolute atomic E-state index is 0.297. The van der Waals surface area contributed by atoms with E-state index < -0.39 is 23.7 Å². The van der Waals surface area contributed by atoms with Gasteiger partial charge in [0, 0.05) is 0 Å². The Balaban J connectivity index is 2.93. The number of benzene rings is 1. The molecule has 1 amide bonds. The van der Waals surface area contributed by atoms with E-state index in [4.69, 9.17) is 15.1 Å². The lowest BCUT2D eigenvalue weighted by Gasteiger charge is -2.23. The number of alkyl carbamates (subject to hydrolysis) is 1. The number of rotatable bonds is 4. The van der Waals surface area contributed by atoms with Crippen molar-refractivity contribution in [1.82, 2.24) is 5.32 Å². The van der Waals surface area contributed by atoms with Crippen molar-refractivity contribution in [3.8, 4) is 6.07 Å². The molecule has 0 saturated heterocycles. The maximum atomic E-state index is 11.8. The largest absolute Gasteiger partial charge is 0.481 e. The number of nitriles is 1. The molecular formula is C15H18N2O4. The molecule has 0 bridgehead atoms. The normalized spacial score (nSPS) is 12.1. The van der Waals surface area contributed by atoms with Crippen LogP contribution in [0.4, 0.5) is 4.79 Å². The summed E-state index contributed by atoms with van der Waals surface area (Å²) in [5.74, 6) is -1.06. The molecule has 0 radical (unpaired) electrons. The Morgan fingerprint density at radius 1 is 1.43 bits per heavy atom. The Kier molecular flexibility index (Phi) is 5.30. The van der Waals surface area contributed by atoms with Gasteiger partial charge in [-0.05, 0) is 38.5 Å². The summed E-state index contributed by atoms with van der Waals surface area (Å²) in [6.45, 7) is 5.15. The number of carbonyl (C=O) groups is 2. The fraction of sp³-hybridized carbons (Fsp3) is 0.400. The van der Waals surface area contributed by atoms with Crippen LogP contribution in [0.1, 0.15) is 44.4 Å². The molecule has 0 fully saturated rings. The molecule has 1 aromatic carbocycles. The maximum Gasteiger partial charge on any atom is 0.408 e. The summed E-state index contributed by atoms with van der Waals surface area (Å²) in [5, 5.41) is 20.4. The van der Waals surface area contributed by atoms with Crippen LogP contribution in [-0.2, 0) is 9.53 Å². The number of hydrogen-bond acceptors (Lipinski definition) is 4. The van der Waals surface area contributed by atoms with Crippen molar-refractivity contribution in [2.75, 3.05) is 0 Å². The minimum atomic E-state index is -1.06. The molecule has 112 valence electrons. The molecule has 2 N–H and O–H groups in total. The van der Waals surface area contributed by atoms with E-state index in [1.165, 1.54) is 0 Å². The van der Waals surface area contributed by atoms with Crippen LogP contribution in [0.3, 0.4) is 0 Å². The van der Waals surface area contributed by atoms with Crippen molar-refractivity contribution in [2.24, 2.45) is 0 Å². The average molecular weight is 290 g/mol. The van der Waals surface area contributed by atoms with Gasteiger partial charge in [-0.1, -0.05) is 12.1 Å². The number of amides is 1. The quantitative estimate of drug-likeness (QED) is 0.887. The van der Waals surface area contributed by atoms with E-state index in [9.17, 15) is 9.59 Å². The van der Waals surface area contributed by atoms with Gasteiger partial charge in [0.25, 0.3) is 0 Å². The molecule has 6 nitrogen and oxygen atoms in total. The SMILES string of the molecule is CC(C)(C)OC(=O)N[C@H](CC(=O)O)c1cccc(C#N)c1. The molecule has 21 heavy (non-hydrogen) atoms. The van der Waals surface area contributed by atoms with Crippen LogP contribution in [0.15, 0.2) is 24.3 Å². The molecule has 1 aromatic rings. The van der Waals surface area contributed by atoms with Gasteiger partial charge in [-0.3, -0.25) is 4.79 Å². The number of aliphatic carboxylic acids is 1. The monoisotopic (exact) mass is 290 g/mol. The first-order valence-electron chi connectivity index (χ1n) is 6.42. The molecule has 6 heteroatoms. The fourth-order valence-corrected chi connectivity index (χ4v) is 1.70. The van der Waals surface area contributed by atoms with Gasteiger partial charge in [-0.25, -0.2) is 4.79 Å². The second-order valence-electron chi connectivity index (χ2n) is 5.53. The molecule has 0 aromatic heterocycles. The number of hydrogen-bond donors (Lipinski definition) is 2. The lowest BCUT2D eigenvalue weighted by molar-refractivity contribution is -0.137. The molecule has 0 aliphatic rings. The highest BCUT2D eigenvalue weighted by Gasteiger charge is 2.22. The van der Waals surface area contributed by atoms with Crippen molar-refractivity contribution in [3.05, 3.63) is 35.4 Å². The van der Waals surface area contributed by atoms with Crippen LogP contribution in [0.25, 0.3) is 0 Å². The van der Waals surface area contributed by atoms with Crippen molar-refractivity contribution in [3.63, 3.8) is 0 Å². The number of ether oxygens (including phenoxy) is 1. The molecule has 1 atom stereocenters. The van der Waals surface area contributed by atoms with Gasteiger partial charge in [0.2, 0.25) is 0 Å². The molecule has 0 aliphatic heterocycles. The van der Waals surface area contributed by atoms with Gasteiger partial charge in [-0.15, -0.1) is 0 Å². The summed E-state index contributed by atoms with van der Waals surface area (Å²) in [6, 6.07) is 7.67. The Morgan fingerprint density at radius 3 is 2.62 bits per heavy atom. The standard InChI is InChI=1S/C15H18N2O4/c1-15(2,3)21-14(20)17-12(8-13(18)19)11-6-4-5-10(7-11)9-16/h4-7,12H,8H2,1-3H3,(H,17,20)(H,18,19)/t12-/m1/s1. The van der Waals surface area contributed by atoms with Crippen LogP contribution in [0, 0.1) is 11.3 Å². The maximum absolute atomic E-state index is 11.8. The zero-order valence-electron chi connectivity index (χ0n) is 12.2. The summed E-state index contributed by atoms with van der Waals surface area (Å²) in [4.78, 5) is 22.7. The van der Waals surface area contributed by atoms with Crippen molar-refractivity contribution in [2.45, 2.75) is 38.8 Å². The van der Waals surface area contributed by atoms with Crippen LogP contribution in [0.5, 0.6) is 0 Å². The zero-order chi connectivity index (χ0) is 16.0. The molecule has 0 spiro atoms. The topological polar surface area (TPSA) is 99.4 Å². The molecule has 0 aliphatic carbocycles. The highest BCUT2D eigenvalue weighted by molar-refractivity contribution is 5.72. The Morgan fingerprint density at radius 2 is 2.10 bits per heavy atom. The summed E-state index contributed by atoms with van der Waals surface area (Å²) < 4.78 is 5.12. The van der Waals surface area contributed by atoms with Gasteiger partial charge in [0.1, 0.15) is 5.60 Å². The van der Waals surface area contributed by atoms with Gasteiger partial charge in [0.15, 0.2) is 0 Å². The number of carboxylic acids is 1. The van der Waals surface area contributed by atoms with Crippen molar-refractivity contribution in [1.29, 1.82) is 5.26 Å². The highest BCUT2D eigenvalue weighted by atomic mass is 16.6. The molecule has 0 unspecified atom stereocenters. The first-order chi connectivity index (χ1) is 9.71. The van der Waals surface area contributed by atoms with E-state index in [0.29, 0.717) is 11.1 Å². The smallest absolute Gasteiger partial charge is 0.408 e. The van der Waals surface area contributed by atoms with Gasteiger partial charge < -0.3 is 15.2 Å². The van der Waals surface area contributed by atoms with Crippen LogP contribution < -0.4 is 5.32 Å². The first kappa shape index (κ1) is 16.5. The Hall–Kier alpha value is -2.55. The second-order valence-corrected chi connectivity index (χ2v) is 5.53. The summed E-state index contributed by atoms with van der Waals surface area (Å²) in [6.07, 6.45) is -0.996. The van der Waals surface area contributed by atoms with E-state index in [-0.39, 0.29) is 6.42 Å². The van der Waals surface area contributed by atoms with E-state index in [2.05, 4.69) is 5.32 Å². The summed E-state index contributed by atoms with van der Waals surface area (Å²) >= 11 is 0. The van der Waals surface area contributed by atoms with Gasteiger partial charge in [0.05, 0.1) is 24.1 Å². The summed E-state index contributed by atoms with van der Waals surface area (Å²) in [5.41, 5.74) is 0.267. The average Bonchev–Trinajstić information content (AvgIpc) is 2.35. The predicted octanol–water partition coefficient (Wildman–Crippen LogP) is 2.60. The predicted molar refractivity (Wildman–Crippen MR) is 75.5 cm³/mol. The van der Waals surface area contributed by atoms with Crippen molar-refractivity contribution >= 4 is 12.1 Å². The van der Waals surface area contributed by atoms with Crippen LogP contribution in [-0.4, -0.2) is 22.8 Å². The Labute approximate surface area is 123 Å². The second kappa shape index (κ2) is 6.75. The van der Waals surface area contributed by atoms with E-state index >= 15 is 0 Å². The summed E-state index contributed by atoms with van der Waals surface area (Å²) in [7, 11) is 0. The van der Waals surface area contributed by atoms with Crippen LogP contribution >= 0.6 is 0 Å². The number of nitrogens with one attached hydrogen (secondary N) is 1. The lowest BCUT2D eigenvalue weighted by atomic mass is 10.0. The molecular weight excluding hydrogens is 272 g/mol. The first-order valence-corrected chi connectivity index (χ1v) is 6.42. The van der Waals surface area contributed by atoms with E-state index in [1.807, 2.05) is 6.07 Å². The Bertz CT molecular complexity index is 570. The lowest BCUT2D eigenvalue weighted by Crippen LogP contribution is -2.35. The minimum Gasteiger partial charge on any atom is -0.481 e. The van der Waals surface area contributed by atoms with Gasteiger partial charge in [-0.2, -0.15) is 5.26 Å². The highest BCUT2D eigenvalue weighted by Crippen LogP contribution is 2.19. The zero-order valence-corrected chi connectivity index (χ0v) is 12.2. The third kappa shape index (κ3) is 5.95. The number of carbonyl (C=O) groups excluding carboxylic acids is 1. The molecule has 1 rings (SSSR count). The third-order valence-corrected chi connectivity index (χ3v) is 2.49. The van der Waals surface area contributed by atoms with Crippen molar-refractivity contribution < 1.29 is 19.4 Å². The fourth-order valence-electron chi connectivity index (χ4n) is 1.70. The number of carboxylic acid groups (broad SMARTS) is 1. The third-order valence-electron chi connectivity index (χ3n) is 2.49. The molecule has 0 saturated carbocycles.